The first-order valence-electron chi connectivity index (χ1n) is 9.85. The van der Waals surface area contributed by atoms with Crippen molar-refractivity contribution in [1.29, 1.82) is 0 Å². The normalized spacial score (nSPS) is 11.9. The van der Waals surface area contributed by atoms with Crippen LogP contribution in [0.1, 0.15) is 11.1 Å². The van der Waals surface area contributed by atoms with Crippen molar-refractivity contribution in [2.75, 3.05) is 10.6 Å². The molecule has 0 unspecified atom stereocenters. The smallest absolute Gasteiger partial charge is 0.298 e. The molecule has 2 aromatic heterocycles. The molecule has 4 N–H and O–H groups in total. The van der Waals surface area contributed by atoms with Crippen molar-refractivity contribution in [3.63, 3.8) is 0 Å². The largest absolute Gasteiger partial charge is 0.337 e. The zero-order chi connectivity index (χ0) is 25.8. The Balaban J connectivity index is 2.04. The average Bonchev–Trinajstić information content (AvgIpc) is 2.84. The van der Waals surface area contributed by atoms with Crippen molar-refractivity contribution < 1.29 is 25.9 Å². The third kappa shape index (κ3) is 5.81. The van der Waals surface area contributed by atoms with Crippen molar-refractivity contribution in [3.8, 4) is 0 Å². The van der Waals surface area contributed by atoms with E-state index in [1.54, 1.807) is 30.3 Å². The highest BCUT2D eigenvalue weighted by molar-refractivity contribution is 7.89. The van der Waals surface area contributed by atoms with E-state index in [9.17, 15) is 25.9 Å². The van der Waals surface area contributed by atoms with Gasteiger partial charge in [-0.25, -0.2) is 0 Å². The summed E-state index contributed by atoms with van der Waals surface area (Å²) in [5.41, 5.74) is -0.149. The predicted molar refractivity (Wildman–Crippen MR) is 128 cm³/mol. The Bertz CT molecular complexity index is 1620. The summed E-state index contributed by atoms with van der Waals surface area (Å²) in [7, 11) is -10.5. The highest BCUT2D eigenvalue weighted by atomic mass is 32.2. The predicted octanol–water partition coefficient (Wildman–Crippen LogP) is 2.21. The van der Waals surface area contributed by atoms with Gasteiger partial charge >= 0.3 is 0 Å². The van der Waals surface area contributed by atoms with E-state index >= 15 is 0 Å². The second-order valence-electron chi connectivity index (χ2n) is 7.00. The van der Waals surface area contributed by atoms with E-state index in [-0.39, 0.29) is 22.9 Å². The zero-order valence-electron chi connectivity index (χ0n) is 18.0. The molecule has 0 saturated heterocycles. The maximum absolute atomic E-state index is 12.5. The molecule has 0 aliphatic heterocycles. The number of benzene rings is 2. The lowest BCUT2D eigenvalue weighted by atomic mass is 10.1. The van der Waals surface area contributed by atoms with Crippen molar-refractivity contribution in [1.82, 2.24) is 30.8 Å². The van der Waals surface area contributed by atoms with Gasteiger partial charge in [0, 0.05) is 12.1 Å². The number of hydrogen-bond donors (Lipinski definition) is 4. The second kappa shape index (κ2) is 10.1. The van der Waals surface area contributed by atoms with Gasteiger partial charge in [-0.05, 0) is 27.6 Å². The zero-order valence-corrected chi connectivity index (χ0v) is 19.6. The highest BCUT2D eigenvalue weighted by Gasteiger charge is 2.33. The molecular weight excluding hydrogens is 512 g/mol. The van der Waals surface area contributed by atoms with E-state index in [0.717, 1.165) is 0 Å². The number of nitrogens with zero attached hydrogens (tertiary/aromatic N) is 6. The molecule has 0 radical (unpaired) electrons. The first-order valence-corrected chi connectivity index (χ1v) is 12.7. The maximum atomic E-state index is 12.5. The summed E-state index contributed by atoms with van der Waals surface area (Å²) in [6.45, 7) is 0. The van der Waals surface area contributed by atoms with Crippen LogP contribution in [0, 0.1) is 0 Å². The molecule has 0 spiro atoms. The highest BCUT2D eigenvalue weighted by Crippen LogP contribution is 2.41. The molecule has 4 rings (SSSR count). The topological polar surface area (TPSA) is 210 Å². The van der Waals surface area contributed by atoms with Crippen molar-refractivity contribution in [3.05, 3.63) is 72.1 Å². The van der Waals surface area contributed by atoms with Gasteiger partial charge in [-0.1, -0.05) is 42.5 Å². The monoisotopic (exact) mass is 528 g/mol. The van der Waals surface area contributed by atoms with Crippen LogP contribution in [0.15, 0.2) is 70.7 Å². The minimum atomic E-state index is -5.28. The van der Waals surface area contributed by atoms with E-state index in [2.05, 4.69) is 41.5 Å². The van der Waals surface area contributed by atoms with Gasteiger partial charge in [0.25, 0.3) is 20.2 Å². The summed E-state index contributed by atoms with van der Waals surface area (Å²) >= 11 is 0. The first kappa shape index (κ1) is 24.7. The van der Waals surface area contributed by atoms with Gasteiger partial charge in [-0.3, -0.25) is 9.11 Å². The van der Waals surface area contributed by atoms with Crippen LogP contribution in [0.25, 0.3) is 12.2 Å². The summed E-state index contributed by atoms with van der Waals surface area (Å²) in [4.78, 5) is -2.20. The minimum Gasteiger partial charge on any atom is -0.337 e. The van der Waals surface area contributed by atoms with Gasteiger partial charge in [-0.2, -0.15) is 16.8 Å². The quantitative estimate of drug-likeness (QED) is 0.191. The fourth-order valence-corrected chi connectivity index (χ4v) is 5.31. The molecule has 0 atom stereocenters. The summed E-state index contributed by atoms with van der Waals surface area (Å²) in [5.74, 6) is 0.0559. The van der Waals surface area contributed by atoms with Gasteiger partial charge in [-0.15, -0.1) is 20.4 Å². The standard InChI is InChI=1S/C20H16N8O6S2/c29-35(30,31)19-14(7-6-13-4-2-1-3-5-13)12-15(23-16-8-10-21-27-25-16)18(20(19)36(32,33)34)24-17-9-11-22-28-26-17/h1-12H,(H,21,23,25)(H,22,24,26)(H,29,30,31)(H,32,33,34). The van der Waals surface area contributed by atoms with E-state index < -0.39 is 35.7 Å². The molecule has 36 heavy (non-hydrogen) atoms. The van der Waals surface area contributed by atoms with Gasteiger partial charge in [0.1, 0.15) is 9.79 Å². The molecule has 16 heteroatoms. The van der Waals surface area contributed by atoms with Crippen LogP contribution in [0.5, 0.6) is 0 Å². The van der Waals surface area contributed by atoms with Crippen LogP contribution < -0.4 is 10.6 Å². The Labute approximate surface area is 204 Å². The van der Waals surface area contributed by atoms with Crippen molar-refractivity contribution >= 4 is 55.4 Å². The Morgan fingerprint density at radius 1 is 0.722 bits per heavy atom. The molecule has 0 bridgehead atoms. The minimum absolute atomic E-state index is 0.0485. The molecule has 0 fully saturated rings. The summed E-state index contributed by atoms with van der Waals surface area (Å²) in [5, 5.41) is 26.9. The molecule has 0 aliphatic carbocycles. The number of rotatable bonds is 8. The number of nitrogens with one attached hydrogen (secondary N) is 2. The fourth-order valence-electron chi connectivity index (χ4n) is 3.15. The van der Waals surface area contributed by atoms with Crippen molar-refractivity contribution in [2.45, 2.75) is 9.79 Å². The first-order chi connectivity index (χ1) is 17.1. The SMILES string of the molecule is O=S(=O)(O)c1c(C=Cc2ccccc2)cc(Nc2ccnnn2)c(Nc2ccnnn2)c1S(=O)(=O)O. The fraction of sp³-hybridized carbons (Fsp3) is 0. The van der Waals surface area contributed by atoms with Crippen LogP contribution in [0.2, 0.25) is 0 Å². The average molecular weight is 529 g/mol. The Morgan fingerprint density at radius 3 is 1.83 bits per heavy atom. The van der Waals surface area contributed by atoms with Crippen LogP contribution in [-0.4, -0.2) is 56.8 Å². The van der Waals surface area contributed by atoms with Crippen molar-refractivity contribution in [2.24, 2.45) is 0 Å². The van der Waals surface area contributed by atoms with Gasteiger partial charge in [0.15, 0.2) is 11.6 Å². The van der Waals surface area contributed by atoms with Gasteiger partial charge in [0.05, 0.1) is 23.8 Å². The number of aromatic nitrogens is 6. The van der Waals surface area contributed by atoms with E-state index in [1.807, 2.05) is 0 Å². The molecule has 0 amide bonds. The van der Waals surface area contributed by atoms with Gasteiger partial charge < -0.3 is 10.6 Å². The Hall–Kier alpha value is -4.38. The lowest BCUT2D eigenvalue weighted by molar-refractivity contribution is 0.467. The lowest BCUT2D eigenvalue weighted by Gasteiger charge is -2.19. The Morgan fingerprint density at radius 2 is 1.31 bits per heavy atom. The van der Waals surface area contributed by atoms with E-state index in [0.29, 0.717) is 5.56 Å². The third-order valence-corrected chi connectivity index (χ3v) is 6.57. The third-order valence-electron chi connectivity index (χ3n) is 4.56. The summed E-state index contributed by atoms with van der Waals surface area (Å²) in [6.07, 6.45) is 5.32. The van der Waals surface area contributed by atoms with Crippen LogP contribution in [0.3, 0.4) is 0 Å². The lowest BCUT2D eigenvalue weighted by Crippen LogP contribution is -2.15. The molecule has 2 aromatic carbocycles. The summed E-state index contributed by atoms with van der Waals surface area (Å²) in [6, 6.07) is 12.6. The number of hydrogen-bond acceptors (Lipinski definition) is 12. The van der Waals surface area contributed by atoms with Crippen LogP contribution >= 0.6 is 0 Å². The molecule has 184 valence electrons. The Kier molecular flexibility index (Phi) is 6.93. The summed E-state index contributed by atoms with van der Waals surface area (Å²) < 4.78 is 70.1. The molecular formula is C20H16N8O6S2. The van der Waals surface area contributed by atoms with Gasteiger partial charge in [0.2, 0.25) is 0 Å². The van der Waals surface area contributed by atoms with Crippen LogP contribution in [0.4, 0.5) is 23.0 Å². The second-order valence-corrected chi connectivity index (χ2v) is 9.72. The molecule has 4 aromatic rings. The molecule has 0 saturated carbocycles. The van der Waals surface area contributed by atoms with E-state index in [1.165, 1.54) is 42.7 Å². The van der Waals surface area contributed by atoms with E-state index in [4.69, 9.17) is 0 Å². The maximum Gasteiger partial charge on any atom is 0.298 e. The number of anilines is 4. The molecule has 2 heterocycles. The molecule has 14 nitrogen and oxygen atoms in total. The molecule has 0 aliphatic rings. The van der Waals surface area contributed by atoms with Crippen LogP contribution in [-0.2, 0) is 20.2 Å².